The van der Waals surface area contributed by atoms with Gasteiger partial charge in [0.1, 0.15) is 0 Å². The van der Waals surface area contributed by atoms with Crippen LogP contribution in [0.3, 0.4) is 0 Å². The molecule has 1 unspecified atom stereocenters. The number of aliphatic carboxylic acids is 1. The van der Waals surface area contributed by atoms with E-state index in [2.05, 4.69) is 41.5 Å². The van der Waals surface area contributed by atoms with Crippen molar-refractivity contribution in [2.75, 3.05) is 0 Å². The van der Waals surface area contributed by atoms with E-state index < -0.39 is 5.97 Å². The van der Waals surface area contributed by atoms with E-state index in [-0.39, 0.29) is 16.7 Å². The molecule has 0 aromatic rings. The Labute approximate surface area is 106 Å². The van der Waals surface area contributed by atoms with E-state index >= 15 is 0 Å². The molecule has 17 heavy (non-hydrogen) atoms. The summed E-state index contributed by atoms with van der Waals surface area (Å²) in [5.74, 6) is -0.128. The molecule has 3 atom stereocenters. The van der Waals surface area contributed by atoms with Crippen LogP contribution in [0.25, 0.3) is 0 Å². The van der Waals surface area contributed by atoms with Gasteiger partial charge in [0.25, 0.3) is 0 Å². The van der Waals surface area contributed by atoms with E-state index in [0.29, 0.717) is 11.8 Å². The fourth-order valence-corrected chi connectivity index (χ4v) is 2.93. The normalized spacial score (nSPS) is 31.3. The van der Waals surface area contributed by atoms with E-state index in [1.165, 1.54) is 0 Å². The minimum Gasteiger partial charge on any atom is -0.550 e. The molecule has 1 rings (SSSR count). The molecule has 1 aliphatic carbocycles. The topological polar surface area (TPSA) is 40.1 Å². The van der Waals surface area contributed by atoms with Crippen LogP contribution >= 0.6 is 0 Å². The summed E-state index contributed by atoms with van der Waals surface area (Å²) in [7, 11) is 0. The lowest BCUT2D eigenvalue weighted by Gasteiger charge is -2.46. The van der Waals surface area contributed by atoms with Gasteiger partial charge in [-0.25, -0.2) is 0 Å². The van der Waals surface area contributed by atoms with Crippen LogP contribution in [-0.4, -0.2) is 5.97 Å². The first-order chi connectivity index (χ1) is 7.51. The first kappa shape index (κ1) is 14.5. The van der Waals surface area contributed by atoms with Gasteiger partial charge in [-0.15, -0.1) is 0 Å². The summed E-state index contributed by atoms with van der Waals surface area (Å²) in [6.07, 6.45) is 2.73. The van der Waals surface area contributed by atoms with E-state index in [0.717, 1.165) is 19.3 Å². The Hall–Kier alpha value is -0.530. The molecule has 0 N–H and O–H groups in total. The predicted molar refractivity (Wildman–Crippen MR) is 68.2 cm³/mol. The maximum Gasteiger partial charge on any atom is 0.0445 e. The molecule has 0 amide bonds. The van der Waals surface area contributed by atoms with Crippen molar-refractivity contribution in [1.82, 2.24) is 0 Å². The fourth-order valence-electron chi connectivity index (χ4n) is 2.93. The van der Waals surface area contributed by atoms with Gasteiger partial charge in [0, 0.05) is 5.97 Å². The molecular weight excluding hydrogens is 212 g/mol. The van der Waals surface area contributed by atoms with Crippen molar-refractivity contribution in [2.45, 2.75) is 60.8 Å². The molecule has 0 spiro atoms. The fraction of sp³-hybridized carbons (Fsp3) is 0.933. The van der Waals surface area contributed by atoms with Crippen LogP contribution < -0.4 is 5.11 Å². The zero-order valence-electron chi connectivity index (χ0n) is 12.2. The van der Waals surface area contributed by atoms with Gasteiger partial charge in [0.05, 0.1) is 0 Å². The molecule has 100 valence electrons. The van der Waals surface area contributed by atoms with Gasteiger partial charge in [-0.3, -0.25) is 0 Å². The van der Waals surface area contributed by atoms with Crippen molar-refractivity contribution < 1.29 is 9.90 Å². The maximum atomic E-state index is 11.2. The van der Waals surface area contributed by atoms with Crippen molar-refractivity contribution in [1.29, 1.82) is 0 Å². The molecule has 1 saturated carbocycles. The van der Waals surface area contributed by atoms with Gasteiger partial charge < -0.3 is 9.90 Å². The largest absolute Gasteiger partial charge is 0.550 e. The summed E-state index contributed by atoms with van der Waals surface area (Å²) < 4.78 is 0. The minimum atomic E-state index is -0.854. The van der Waals surface area contributed by atoms with Gasteiger partial charge in [-0.1, -0.05) is 41.5 Å². The molecule has 0 aliphatic heterocycles. The molecule has 0 saturated heterocycles. The lowest BCUT2D eigenvalue weighted by atomic mass is 9.60. The Balaban J connectivity index is 2.88. The Morgan fingerprint density at radius 1 is 0.882 bits per heavy atom. The molecule has 0 radical (unpaired) electrons. The number of hydrogen-bond acceptors (Lipinski definition) is 2. The number of rotatable bonds is 1. The first-order valence-corrected chi connectivity index (χ1v) is 6.72. The molecule has 2 heteroatoms. The zero-order valence-corrected chi connectivity index (χ0v) is 12.2. The third-order valence-corrected chi connectivity index (χ3v) is 4.49. The first-order valence-electron chi connectivity index (χ1n) is 6.72. The minimum absolute atomic E-state index is 0.192. The van der Waals surface area contributed by atoms with Gasteiger partial charge in [-0.05, 0) is 47.8 Å². The van der Waals surface area contributed by atoms with Crippen LogP contribution in [0.15, 0.2) is 0 Å². The van der Waals surface area contributed by atoms with E-state index in [9.17, 15) is 9.90 Å². The van der Waals surface area contributed by atoms with Crippen molar-refractivity contribution >= 4 is 5.97 Å². The second kappa shape index (κ2) is 4.62. The summed E-state index contributed by atoms with van der Waals surface area (Å²) in [5, 5.41) is 11.2. The second-order valence-electron chi connectivity index (χ2n) is 7.85. The summed E-state index contributed by atoms with van der Waals surface area (Å²) in [6, 6.07) is 0. The second-order valence-corrected chi connectivity index (χ2v) is 7.85. The molecule has 0 bridgehead atoms. The monoisotopic (exact) mass is 239 g/mol. The summed E-state index contributed by atoms with van der Waals surface area (Å²) >= 11 is 0. The lowest BCUT2D eigenvalue weighted by molar-refractivity contribution is -0.314. The van der Waals surface area contributed by atoms with Crippen molar-refractivity contribution in [3.05, 3.63) is 0 Å². The Morgan fingerprint density at radius 2 is 1.24 bits per heavy atom. The van der Waals surface area contributed by atoms with Crippen LogP contribution in [0.1, 0.15) is 60.8 Å². The lowest BCUT2D eigenvalue weighted by Crippen LogP contribution is -2.42. The highest BCUT2D eigenvalue weighted by atomic mass is 16.4. The number of hydrogen-bond donors (Lipinski definition) is 0. The third-order valence-electron chi connectivity index (χ3n) is 4.49. The van der Waals surface area contributed by atoms with Crippen LogP contribution in [0.5, 0.6) is 0 Å². The van der Waals surface area contributed by atoms with E-state index in [1.54, 1.807) is 0 Å². The van der Waals surface area contributed by atoms with Crippen molar-refractivity contribution in [2.24, 2.45) is 28.6 Å². The van der Waals surface area contributed by atoms with Crippen molar-refractivity contribution in [3.8, 4) is 0 Å². The SMILES string of the molecule is CC(C)(C)[C@@H]1CC(C(=O)[O-])C[C@H](C(C)(C)C)C1. The quantitative estimate of drug-likeness (QED) is 0.706. The summed E-state index contributed by atoms with van der Waals surface area (Å²) in [4.78, 5) is 11.2. The van der Waals surface area contributed by atoms with Gasteiger partial charge >= 0.3 is 0 Å². The van der Waals surface area contributed by atoms with Crippen LogP contribution in [-0.2, 0) is 4.79 Å². The Morgan fingerprint density at radius 3 is 1.47 bits per heavy atom. The molecule has 1 aliphatic rings. The highest BCUT2D eigenvalue weighted by Crippen LogP contribution is 2.47. The molecule has 2 nitrogen and oxygen atoms in total. The molecule has 0 aromatic heterocycles. The average molecular weight is 239 g/mol. The van der Waals surface area contributed by atoms with Crippen LogP contribution in [0, 0.1) is 28.6 Å². The number of carboxylic acid groups (broad SMARTS) is 1. The Bertz CT molecular complexity index is 258. The third kappa shape index (κ3) is 3.72. The average Bonchev–Trinajstić information content (AvgIpc) is 2.14. The van der Waals surface area contributed by atoms with Gasteiger partial charge in [0.2, 0.25) is 0 Å². The molecular formula is C15H27O2-. The molecule has 0 heterocycles. The summed E-state index contributed by atoms with van der Waals surface area (Å²) in [5.41, 5.74) is 0.384. The highest BCUT2D eigenvalue weighted by Gasteiger charge is 2.39. The number of carboxylic acids is 1. The van der Waals surface area contributed by atoms with Crippen molar-refractivity contribution in [3.63, 3.8) is 0 Å². The number of carbonyl (C=O) groups is 1. The Kier molecular flexibility index (Phi) is 3.95. The van der Waals surface area contributed by atoms with E-state index in [4.69, 9.17) is 0 Å². The van der Waals surface area contributed by atoms with Crippen LogP contribution in [0.4, 0.5) is 0 Å². The van der Waals surface area contributed by atoms with E-state index in [1.807, 2.05) is 0 Å². The summed E-state index contributed by atoms with van der Waals surface area (Å²) in [6.45, 7) is 13.3. The van der Waals surface area contributed by atoms with Crippen LogP contribution in [0.2, 0.25) is 0 Å². The standard InChI is InChI=1S/C15H28O2/c1-14(2,3)11-7-10(13(16)17)8-12(9-11)15(4,5)6/h10-12H,7-9H2,1-6H3,(H,16,17)/p-1/t10?,11-,12+. The molecule has 1 fully saturated rings. The predicted octanol–water partition coefficient (Wildman–Crippen LogP) is 2.86. The number of carbonyl (C=O) groups excluding carboxylic acids is 1. The van der Waals surface area contributed by atoms with Gasteiger partial charge in [-0.2, -0.15) is 0 Å². The zero-order chi connectivity index (χ0) is 13.4. The molecule has 0 aromatic carbocycles. The van der Waals surface area contributed by atoms with Gasteiger partial charge in [0.15, 0.2) is 0 Å². The highest BCUT2D eigenvalue weighted by molar-refractivity contribution is 5.67. The smallest absolute Gasteiger partial charge is 0.0445 e. The maximum absolute atomic E-state index is 11.2.